The molecule has 0 saturated carbocycles. The number of carbonyl (C=O) groups excluding carboxylic acids is 1. The van der Waals surface area contributed by atoms with E-state index in [2.05, 4.69) is 31.8 Å². The fourth-order valence-corrected chi connectivity index (χ4v) is 4.38. The molecule has 1 fully saturated rings. The van der Waals surface area contributed by atoms with Crippen molar-refractivity contribution < 1.29 is 9.53 Å². The van der Waals surface area contributed by atoms with Gasteiger partial charge in [-0.15, -0.1) is 10.2 Å². The highest BCUT2D eigenvalue weighted by Gasteiger charge is 2.30. The summed E-state index contributed by atoms with van der Waals surface area (Å²) >= 11 is 0. The van der Waals surface area contributed by atoms with Gasteiger partial charge in [0, 0.05) is 39.5 Å². The molecule has 1 aromatic heterocycles. The molecule has 3 heterocycles. The van der Waals surface area contributed by atoms with Crippen molar-refractivity contribution in [1.82, 2.24) is 24.6 Å². The molecule has 0 radical (unpaired) electrons. The van der Waals surface area contributed by atoms with Gasteiger partial charge < -0.3 is 14.2 Å². The van der Waals surface area contributed by atoms with Crippen LogP contribution in [0.2, 0.25) is 0 Å². The molecule has 1 amide bonds. The number of amides is 1. The number of piperidine rings is 1. The number of nitrogens with zero attached hydrogens (tertiary/aromatic N) is 5. The van der Waals surface area contributed by atoms with Crippen LogP contribution in [0.1, 0.15) is 49.4 Å². The van der Waals surface area contributed by atoms with Gasteiger partial charge in [-0.2, -0.15) is 0 Å². The highest BCUT2D eigenvalue weighted by molar-refractivity contribution is 5.73. The molecular formula is C21H29N5O2. The highest BCUT2D eigenvalue weighted by atomic mass is 16.5. The second-order valence-corrected chi connectivity index (χ2v) is 7.72. The van der Waals surface area contributed by atoms with Gasteiger partial charge in [-0.25, -0.2) is 0 Å². The van der Waals surface area contributed by atoms with Crippen LogP contribution in [0.3, 0.4) is 0 Å². The number of rotatable bonds is 4. The Morgan fingerprint density at radius 3 is 2.89 bits per heavy atom. The number of fused-ring (bicyclic) bond motifs is 1. The zero-order chi connectivity index (χ0) is 19.5. The first-order valence-electron chi connectivity index (χ1n) is 10.2. The molecule has 1 aromatic carbocycles. The van der Waals surface area contributed by atoms with Crippen molar-refractivity contribution in [2.75, 3.05) is 26.7 Å². The molecule has 0 unspecified atom stereocenters. The summed E-state index contributed by atoms with van der Waals surface area (Å²) in [6.07, 6.45) is 4.29. The lowest BCUT2D eigenvalue weighted by Gasteiger charge is -2.35. The molecule has 28 heavy (non-hydrogen) atoms. The van der Waals surface area contributed by atoms with Gasteiger partial charge in [0.05, 0.1) is 13.2 Å². The summed E-state index contributed by atoms with van der Waals surface area (Å²) in [4.78, 5) is 16.2. The molecule has 7 nitrogen and oxygen atoms in total. The van der Waals surface area contributed by atoms with Gasteiger partial charge in [0.2, 0.25) is 5.91 Å². The van der Waals surface area contributed by atoms with Gasteiger partial charge >= 0.3 is 0 Å². The van der Waals surface area contributed by atoms with E-state index in [-0.39, 0.29) is 11.9 Å². The van der Waals surface area contributed by atoms with Crippen LogP contribution in [0.5, 0.6) is 5.75 Å². The van der Waals surface area contributed by atoms with Crippen LogP contribution >= 0.6 is 0 Å². The summed E-state index contributed by atoms with van der Waals surface area (Å²) in [5.74, 6) is 3.10. The molecular weight excluding hydrogens is 354 g/mol. The Morgan fingerprint density at radius 1 is 1.18 bits per heavy atom. The van der Waals surface area contributed by atoms with Gasteiger partial charge in [-0.3, -0.25) is 9.69 Å². The predicted molar refractivity (Wildman–Crippen MR) is 106 cm³/mol. The van der Waals surface area contributed by atoms with Crippen LogP contribution < -0.4 is 4.74 Å². The maximum Gasteiger partial charge on any atom is 0.219 e. The number of ether oxygens (including phenoxy) is 1. The third-order valence-electron chi connectivity index (χ3n) is 5.93. The predicted octanol–water partition coefficient (Wildman–Crippen LogP) is 2.42. The minimum atomic E-state index is 0.137. The molecule has 4 rings (SSSR count). The first kappa shape index (κ1) is 18.9. The van der Waals surface area contributed by atoms with E-state index in [4.69, 9.17) is 4.74 Å². The smallest absolute Gasteiger partial charge is 0.219 e. The molecule has 0 spiro atoms. The second kappa shape index (κ2) is 8.31. The third-order valence-corrected chi connectivity index (χ3v) is 5.93. The fourth-order valence-electron chi connectivity index (χ4n) is 4.38. The number of likely N-dealkylation sites (tertiary alicyclic amines) is 1. The van der Waals surface area contributed by atoms with E-state index in [1.54, 1.807) is 14.0 Å². The van der Waals surface area contributed by atoms with E-state index in [0.717, 1.165) is 63.0 Å². The van der Waals surface area contributed by atoms with Crippen LogP contribution in [-0.4, -0.2) is 57.2 Å². The van der Waals surface area contributed by atoms with E-state index in [1.807, 2.05) is 17.0 Å². The number of benzene rings is 1. The van der Waals surface area contributed by atoms with E-state index in [1.165, 1.54) is 18.4 Å². The van der Waals surface area contributed by atoms with Crippen molar-refractivity contribution in [3.63, 3.8) is 0 Å². The van der Waals surface area contributed by atoms with Crippen LogP contribution in [0.4, 0.5) is 0 Å². The largest absolute Gasteiger partial charge is 0.497 e. The van der Waals surface area contributed by atoms with Crippen molar-refractivity contribution >= 4 is 5.91 Å². The summed E-state index contributed by atoms with van der Waals surface area (Å²) in [6, 6.07) is 8.57. The summed E-state index contributed by atoms with van der Waals surface area (Å²) in [5, 5.41) is 9.08. The lowest BCUT2D eigenvalue weighted by molar-refractivity contribution is -0.128. The Kier molecular flexibility index (Phi) is 5.62. The van der Waals surface area contributed by atoms with Crippen LogP contribution in [0.25, 0.3) is 0 Å². The molecule has 2 aliphatic heterocycles. The Morgan fingerprint density at radius 2 is 2.07 bits per heavy atom. The standard InChI is InChI=1S/C21H29N5O2/c1-16(27)24-11-9-20-22-23-21(26(20)13-12-24)19-8-3-4-10-25(19)15-17-6-5-7-18(14-17)28-2/h5-7,14,19H,3-4,8-13,15H2,1-2H3/t19-/m1/s1. The first-order chi connectivity index (χ1) is 13.7. The molecule has 2 aliphatic rings. The molecule has 1 saturated heterocycles. The minimum Gasteiger partial charge on any atom is -0.497 e. The van der Waals surface area contributed by atoms with Gasteiger partial charge in [-0.05, 0) is 37.1 Å². The summed E-state index contributed by atoms with van der Waals surface area (Å²) in [7, 11) is 1.71. The Labute approximate surface area is 166 Å². The van der Waals surface area contributed by atoms with Gasteiger partial charge in [0.25, 0.3) is 0 Å². The van der Waals surface area contributed by atoms with Gasteiger partial charge in [0.1, 0.15) is 17.4 Å². The zero-order valence-electron chi connectivity index (χ0n) is 16.8. The number of methoxy groups -OCH3 is 1. The quantitative estimate of drug-likeness (QED) is 0.811. The lowest BCUT2D eigenvalue weighted by Crippen LogP contribution is -2.35. The topological polar surface area (TPSA) is 63.5 Å². The summed E-state index contributed by atoms with van der Waals surface area (Å²) in [5.41, 5.74) is 1.25. The molecule has 0 aliphatic carbocycles. The highest BCUT2D eigenvalue weighted by Crippen LogP contribution is 2.32. The number of aromatic nitrogens is 3. The molecule has 0 N–H and O–H groups in total. The Balaban J connectivity index is 1.56. The molecule has 150 valence electrons. The maximum atomic E-state index is 11.8. The zero-order valence-corrected chi connectivity index (χ0v) is 16.8. The number of hydrogen-bond donors (Lipinski definition) is 0. The summed E-state index contributed by atoms with van der Waals surface area (Å²) < 4.78 is 7.64. The van der Waals surface area contributed by atoms with Gasteiger partial charge in [-0.1, -0.05) is 18.6 Å². The monoisotopic (exact) mass is 383 g/mol. The minimum absolute atomic E-state index is 0.137. The molecule has 1 atom stereocenters. The van der Waals surface area contributed by atoms with Crippen molar-refractivity contribution in [3.05, 3.63) is 41.5 Å². The average molecular weight is 383 g/mol. The Hall–Kier alpha value is -2.41. The van der Waals surface area contributed by atoms with Gasteiger partial charge in [0.15, 0.2) is 0 Å². The van der Waals surface area contributed by atoms with Crippen molar-refractivity contribution in [2.45, 2.75) is 51.7 Å². The van der Waals surface area contributed by atoms with E-state index < -0.39 is 0 Å². The van der Waals surface area contributed by atoms with E-state index >= 15 is 0 Å². The van der Waals surface area contributed by atoms with E-state index in [9.17, 15) is 4.79 Å². The summed E-state index contributed by atoms with van der Waals surface area (Å²) in [6.45, 7) is 5.82. The third kappa shape index (κ3) is 3.90. The van der Waals surface area contributed by atoms with Crippen molar-refractivity contribution in [2.24, 2.45) is 0 Å². The Bertz CT molecular complexity index is 834. The van der Waals surface area contributed by atoms with Crippen molar-refractivity contribution in [3.8, 4) is 5.75 Å². The van der Waals surface area contributed by atoms with E-state index in [0.29, 0.717) is 0 Å². The molecule has 0 bridgehead atoms. The van der Waals surface area contributed by atoms with Crippen LogP contribution in [0.15, 0.2) is 24.3 Å². The lowest BCUT2D eigenvalue weighted by atomic mass is 10.00. The fraction of sp³-hybridized carbons (Fsp3) is 0.571. The average Bonchev–Trinajstić information content (AvgIpc) is 2.98. The first-order valence-corrected chi connectivity index (χ1v) is 10.2. The van der Waals surface area contributed by atoms with Crippen molar-refractivity contribution in [1.29, 1.82) is 0 Å². The molecule has 2 aromatic rings. The van der Waals surface area contributed by atoms with Crippen LogP contribution in [0, 0.1) is 0 Å². The normalized spacial score (nSPS) is 20.5. The second-order valence-electron chi connectivity index (χ2n) is 7.72. The van der Waals surface area contributed by atoms with Crippen LogP contribution in [-0.2, 0) is 24.3 Å². The number of hydrogen-bond acceptors (Lipinski definition) is 5. The maximum absolute atomic E-state index is 11.8. The number of carbonyl (C=O) groups is 1. The SMILES string of the molecule is COc1cccc(CN2CCCC[C@@H]2c2nnc3n2CCN(C(C)=O)CC3)c1. The molecule has 7 heteroatoms.